The highest BCUT2D eigenvalue weighted by molar-refractivity contribution is 7.67. The highest BCUT2D eigenvalue weighted by Crippen LogP contribution is 2.46. The van der Waals surface area contributed by atoms with Gasteiger partial charge in [0.25, 0.3) is 0 Å². The molecule has 0 aromatic heterocycles. The first-order valence-electron chi connectivity index (χ1n) is 10.1. The second kappa shape index (κ2) is 10.1. The molecule has 0 fully saturated rings. The number of rotatable bonds is 8. The molecule has 29 heavy (non-hydrogen) atoms. The van der Waals surface area contributed by atoms with Crippen LogP contribution in [0.1, 0.15) is 46.6 Å². The molecule has 0 radical (unpaired) electrons. The zero-order valence-corrected chi connectivity index (χ0v) is 18.9. The lowest BCUT2D eigenvalue weighted by atomic mass is 10.2. The standard InChI is InChI=1S/C23H32NO4P/c1-6-17-29(26,27-7-2)21-15-13-20(14-16-21)24(22(25)28-23(3,4)5)18-19-11-9-8-10-12-19/h8-16H,6-7,17-18H2,1-5H3. The summed E-state index contributed by atoms with van der Waals surface area (Å²) in [5.74, 6) is 0. The van der Waals surface area contributed by atoms with Crippen LogP contribution in [-0.4, -0.2) is 24.5 Å². The van der Waals surface area contributed by atoms with Gasteiger partial charge in [-0.1, -0.05) is 37.3 Å². The Hall–Kier alpha value is -2.10. The van der Waals surface area contributed by atoms with Crippen LogP contribution in [0.2, 0.25) is 0 Å². The van der Waals surface area contributed by atoms with Crippen molar-refractivity contribution < 1.29 is 18.6 Å². The summed E-state index contributed by atoms with van der Waals surface area (Å²) < 4.78 is 24.4. The first-order valence-corrected chi connectivity index (χ1v) is 11.9. The third-order valence-electron chi connectivity index (χ3n) is 4.21. The summed E-state index contributed by atoms with van der Waals surface area (Å²) in [5.41, 5.74) is 1.08. The van der Waals surface area contributed by atoms with Crippen molar-refractivity contribution in [2.24, 2.45) is 0 Å². The van der Waals surface area contributed by atoms with Crippen LogP contribution in [0.25, 0.3) is 0 Å². The third kappa shape index (κ3) is 6.73. The van der Waals surface area contributed by atoms with Gasteiger partial charge < -0.3 is 9.26 Å². The van der Waals surface area contributed by atoms with E-state index in [2.05, 4.69) is 0 Å². The van der Waals surface area contributed by atoms with E-state index in [1.54, 1.807) is 17.0 Å². The fourth-order valence-electron chi connectivity index (χ4n) is 2.98. The number of anilines is 1. The zero-order valence-electron chi connectivity index (χ0n) is 18.1. The van der Waals surface area contributed by atoms with Crippen LogP contribution in [0.5, 0.6) is 0 Å². The van der Waals surface area contributed by atoms with E-state index in [4.69, 9.17) is 9.26 Å². The third-order valence-corrected chi connectivity index (χ3v) is 7.00. The number of hydrogen-bond donors (Lipinski definition) is 0. The van der Waals surface area contributed by atoms with Crippen LogP contribution in [0.3, 0.4) is 0 Å². The molecule has 6 heteroatoms. The predicted molar refractivity (Wildman–Crippen MR) is 119 cm³/mol. The summed E-state index contributed by atoms with van der Waals surface area (Å²) >= 11 is 0. The molecule has 0 heterocycles. The Morgan fingerprint density at radius 3 is 2.14 bits per heavy atom. The minimum absolute atomic E-state index is 0.382. The van der Waals surface area contributed by atoms with Crippen LogP contribution >= 0.6 is 7.37 Å². The van der Waals surface area contributed by atoms with Crippen molar-refractivity contribution in [3.63, 3.8) is 0 Å². The van der Waals surface area contributed by atoms with Gasteiger partial charge in [0.15, 0.2) is 0 Å². The van der Waals surface area contributed by atoms with Gasteiger partial charge in [-0.3, -0.25) is 9.46 Å². The second-order valence-electron chi connectivity index (χ2n) is 7.88. The van der Waals surface area contributed by atoms with Crippen molar-refractivity contribution in [1.82, 2.24) is 0 Å². The van der Waals surface area contributed by atoms with E-state index >= 15 is 0 Å². The van der Waals surface area contributed by atoms with Gasteiger partial charge >= 0.3 is 6.09 Å². The molecule has 0 bridgehead atoms. The summed E-state index contributed by atoms with van der Waals surface area (Å²) in [6, 6.07) is 17.0. The van der Waals surface area contributed by atoms with Gasteiger partial charge in [0.1, 0.15) is 5.60 Å². The van der Waals surface area contributed by atoms with E-state index < -0.39 is 19.1 Å². The average molecular weight is 417 g/mol. The zero-order chi connectivity index (χ0) is 21.5. The number of ether oxygens (including phenoxy) is 1. The van der Waals surface area contributed by atoms with Gasteiger partial charge in [-0.25, -0.2) is 4.79 Å². The Bertz CT molecular complexity index is 818. The molecular formula is C23H32NO4P. The van der Waals surface area contributed by atoms with Gasteiger partial charge in [0.2, 0.25) is 7.37 Å². The number of benzene rings is 2. The Labute approximate surface area is 174 Å². The molecule has 2 aromatic rings. The summed E-state index contributed by atoms with van der Waals surface area (Å²) in [6.07, 6.45) is 0.854. The number of nitrogens with zero attached hydrogens (tertiary/aromatic N) is 1. The summed E-state index contributed by atoms with van der Waals surface area (Å²) in [5, 5.41) is 0.675. The molecule has 2 aromatic carbocycles. The molecule has 0 aliphatic carbocycles. The summed E-state index contributed by atoms with van der Waals surface area (Å²) in [6.45, 7) is 10.2. The fourth-order valence-corrected chi connectivity index (χ4v) is 5.12. The molecule has 1 unspecified atom stereocenters. The van der Waals surface area contributed by atoms with Crippen molar-refractivity contribution in [2.45, 2.75) is 53.2 Å². The highest BCUT2D eigenvalue weighted by Gasteiger charge is 2.27. The van der Waals surface area contributed by atoms with E-state index in [1.165, 1.54) is 0 Å². The summed E-state index contributed by atoms with van der Waals surface area (Å²) in [7, 11) is -2.88. The molecule has 1 atom stereocenters. The average Bonchev–Trinajstić information content (AvgIpc) is 2.66. The first kappa shape index (κ1) is 23.2. The van der Waals surface area contributed by atoms with Gasteiger partial charge in [-0.2, -0.15) is 0 Å². The van der Waals surface area contributed by atoms with E-state index in [-0.39, 0.29) is 0 Å². The lowest BCUT2D eigenvalue weighted by Crippen LogP contribution is -2.36. The maximum Gasteiger partial charge on any atom is 0.415 e. The Balaban J connectivity index is 2.35. The highest BCUT2D eigenvalue weighted by atomic mass is 31.2. The van der Waals surface area contributed by atoms with Crippen molar-refractivity contribution in [3.05, 3.63) is 60.2 Å². The van der Waals surface area contributed by atoms with Crippen LogP contribution in [0, 0.1) is 0 Å². The van der Waals surface area contributed by atoms with Crippen LogP contribution < -0.4 is 10.2 Å². The number of hydrogen-bond acceptors (Lipinski definition) is 4. The van der Waals surface area contributed by atoms with Crippen LogP contribution in [0.4, 0.5) is 10.5 Å². The molecular weight excluding hydrogens is 385 g/mol. The molecule has 0 saturated heterocycles. The smallest absolute Gasteiger partial charge is 0.415 e. The van der Waals surface area contributed by atoms with E-state index in [9.17, 15) is 9.36 Å². The predicted octanol–water partition coefficient (Wildman–Crippen LogP) is 5.98. The van der Waals surface area contributed by atoms with Gasteiger partial charge in [-0.15, -0.1) is 0 Å². The molecule has 0 saturated carbocycles. The second-order valence-corrected chi connectivity index (χ2v) is 10.5. The number of carbonyl (C=O) groups excluding carboxylic acids is 1. The summed E-state index contributed by atoms with van der Waals surface area (Å²) in [4.78, 5) is 14.5. The monoisotopic (exact) mass is 417 g/mol. The quantitative estimate of drug-likeness (QED) is 0.496. The number of amides is 1. The van der Waals surface area contributed by atoms with Gasteiger partial charge in [-0.05, 0) is 63.9 Å². The lowest BCUT2D eigenvalue weighted by molar-refractivity contribution is 0.0577. The molecule has 5 nitrogen and oxygen atoms in total. The minimum Gasteiger partial charge on any atom is -0.443 e. The lowest BCUT2D eigenvalue weighted by Gasteiger charge is -2.28. The Morgan fingerprint density at radius 2 is 1.62 bits per heavy atom. The van der Waals surface area contributed by atoms with E-state index in [0.29, 0.717) is 30.3 Å². The van der Waals surface area contributed by atoms with Crippen molar-refractivity contribution in [2.75, 3.05) is 17.7 Å². The topological polar surface area (TPSA) is 55.8 Å². The molecule has 0 aliphatic heterocycles. The van der Waals surface area contributed by atoms with Crippen molar-refractivity contribution >= 4 is 24.5 Å². The van der Waals surface area contributed by atoms with Crippen molar-refractivity contribution in [3.8, 4) is 0 Å². The molecule has 158 valence electrons. The van der Waals surface area contributed by atoms with Gasteiger partial charge in [0.05, 0.1) is 13.2 Å². The molecule has 0 aliphatic rings. The van der Waals surface area contributed by atoms with Crippen LogP contribution in [-0.2, 0) is 20.4 Å². The van der Waals surface area contributed by atoms with E-state index in [1.807, 2.05) is 77.1 Å². The first-order chi connectivity index (χ1) is 13.7. The minimum atomic E-state index is -2.88. The Kier molecular flexibility index (Phi) is 8.06. The Morgan fingerprint density at radius 1 is 1.00 bits per heavy atom. The SMILES string of the molecule is CCCP(=O)(OCC)c1ccc(N(Cc2ccccc2)C(=O)OC(C)(C)C)cc1. The maximum absolute atomic E-state index is 13.2. The van der Waals surface area contributed by atoms with Crippen LogP contribution in [0.15, 0.2) is 54.6 Å². The maximum atomic E-state index is 13.2. The van der Waals surface area contributed by atoms with Gasteiger partial charge in [0, 0.05) is 17.2 Å². The molecule has 0 spiro atoms. The fraction of sp³-hybridized carbons (Fsp3) is 0.435. The largest absolute Gasteiger partial charge is 0.443 e. The number of carbonyl (C=O) groups is 1. The molecule has 0 N–H and O–H groups in total. The molecule has 2 rings (SSSR count). The van der Waals surface area contributed by atoms with Crippen molar-refractivity contribution in [1.29, 1.82) is 0 Å². The van der Waals surface area contributed by atoms with E-state index in [0.717, 1.165) is 12.0 Å². The molecule has 1 amide bonds. The normalized spacial score (nSPS) is 13.6.